The molecular formula is C13H14BrF2N3. The molecule has 0 saturated heterocycles. The van der Waals surface area contributed by atoms with Crippen molar-refractivity contribution >= 4 is 15.9 Å². The van der Waals surface area contributed by atoms with E-state index in [1.165, 1.54) is 12.1 Å². The topological polar surface area (TPSA) is 43.8 Å². The minimum absolute atomic E-state index is 0.138. The fourth-order valence-electron chi connectivity index (χ4n) is 2.00. The molecule has 0 aliphatic carbocycles. The normalized spacial score (nSPS) is 12.7. The Morgan fingerprint density at radius 3 is 2.58 bits per heavy atom. The predicted molar refractivity (Wildman–Crippen MR) is 72.6 cm³/mol. The van der Waals surface area contributed by atoms with Crippen LogP contribution in [-0.2, 0) is 6.54 Å². The SMILES string of the molecule is CCCn1nccc1C(N)c1c(F)cc(Br)cc1F. The lowest BCUT2D eigenvalue weighted by Gasteiger charge is -2.16. The lowest BCUT2D eigenvalue weighted by Crippen LogP contribution is -2.20. The summed E-state index contributed by atoms with van der Waals surface area (Å²) in [5.74, 6) is -1.33. The van der Waals surface area contributed by atoms with Crippen LogP contribution in [0.2, 0.25) is 0 Å². The third-order valence-corrected chi connectivity index (χ3v) is 3.32. The van der Waals surface area contributed by atoms with Crippen LogP contribution in [0.1, 0.15) is 30.6 Å². The van der Waals surface area contributed by atoms with Crippen LogP contribution in [0.4, 0.5) is 8.78 Å². The molecule has 102 valence electrons. The highest BCUT2D eigenvalue weighted by molar-refractivity contribution is 9.10. The van der Waals surface area contributed by atoms with Crippen LogP contribution < -0.4 is 5.73 Å². The number of rotatable bonds is 4. The Labute approximate surface area is 118 Å². The maximum atomic E-state index is 13.9. The van der Waals surface area contributed by atoms with Gasteiger partial charge in [0.1, 0.15) is 11.6 Å². The summed E-state index contributed by atoms with van der Waals surface area (Å²) < 4.78 is 29.8. The van der Waals surface area contributed by atoms with E-state index >= 15 is 0 Å². The van der Waals surface area contributed by atoms with Gasteiger partial charge in [0.25, 0.3) is 0 Å². The molecule has 0 saturated carbocycles. The minimum atomic E-state index is -0.873. The average Bonchev–Trinajstić information content (AvgIpc) is 2.76. The second-order valence-electron chi connectivity index (χ2n) is 4.24. The maximum Gasteiger partial charge on any atom is 0.132 e. The van der Waals surface area contributed by atoms with Crippen LogP contribution in [-0.4, -0.2) is 9.78 Å². The first-order valence-electron chi connectivity index (χ1n) is 5.96. The molecule has 0 radical (unpaired) electrons. The molecule has 2 aromatic rings. The maximum absolute atomic E-state index is 13.9. The summed E-state index contributed by atoms with van der Waals surface area (Å²) in [6.45, 7) is 2.66. The van der Waals surface area contributed by atoms with E-state index in [9.17, 15) is 8.78 Å². The largest absolute Gasteiger partial charge is 0.319 e. The van der Waals surface area contributed by atoms with E-state index in [1.807, 2.05) is 6.92 Å². The summed E-state index contributed by atoms with van der Waals surface area (Å²) in [7, 11) is 0. The van der Waals surface area contributed by atoms with Crippen molar-refractivity contribution in [3.05, 3.63) is 51.8 Å². The van der Waals surface area contributed by atoms with Gasteiger partial charge in [0.2, 0.25) is 0 Å². The van der Waals surface area contributed by atoms with E-state index in [4.69, 9.17) is 5.73 Å². The van der Waals surface area contributed by atoms with Crippen molar-refractivity contribution in [3.63, 3.8) is 0 Å². The predicted octanol–water partition coefficient (Wildman–Crippen LogP) is 3.38. The molecule has 1 aromatic carbocycles. The lowest BCUT2D eigenvalue weighted by atomic mass is 10.0. The van der Waals surface area contributed by atoms with Crippen molar-refractivity contribution < 1.29 is 8.78 Å². The first kappa shape index (κ1) is 14.1. The minimum Gasteiger partial charge on any atom is -0.319 e. The smallest absolute Gasteiger partial charge is 0.132 e. The van der Waals surface area contributed by atoms with Crippen LogP contribution in [0, 0.1) is 11.6 Å². The average molecular weight is 330 g/mol. The zero-order valence-corrected chi connectivity index (χ0v) is 12.0. The molecule has 0 bridgehead atoms. The van der Waals surface area contributed by atoms with Gasteiger partial charge in [-0.25, -0.2) is 8.78 Å². The number of aryl methyl sites for hydroxylation is 1. The van der Waals surface area contributed by atoms with E-state index in [0.29, 0.717) is 16.7 Å². The molecule has 0 amide bonds. The molecule has 1 unspecified atom stereocenters. The molecule has 2 N–H and O–H groups in total. The Balaban J connectivity index is 2.44. The lowest BCUT2D eigenvalue weighted by molar-refractivity contribution is 0.515. The second-order valence-corrected chi connectivity index (χ2v) is 5.16. The van der Waals surface area contributed by atoms with E-state index in [0.717, 1.165) is 6.42 Å². The molecule has 3 nitrogen and oxygen atoms in total. The Hall–Kier alpha value is -1.27. The summed E-state index contributed by atoms with van der Waals surface area (Å²) in [6, 6.07) is 3.22. The fraction of sp³-hybridized carbons (Fsp3) is 0.308. The summed E-state index contributed by atoms with van der Waals surface area (Å²) in [5.41, 5.74) is 6.45. The Morgan fingerprint density at radius 1 is 1.37 bits per heavy atom. The van der Waals surface area contributed by atoms with Gasteiger partial charge in [-0.2, -0.15) is 5.10 Å². The number of aromatic nitrogens is 2. The molecule has 1 aromatic heterocycles. The van der Waals surface area contributed by atoms with Crippen molar-refractivity contribution in [2.24, 2.45) is 5.73 Å². The molecule has 1 atom stereocenters. The van der Waals surface area contributed by atoms with Crippen LogP contribution in [0.15, 0.2) is 28.9 Å². The standard InChI is InChI=1S/C13H14BrF2N3/c1-2-5-19-11(3-4-18-19)13(17)12-9(15)6-8(14)7-10(12)16/h3-4,6-7,13H,2,5,17H2,1H3. The van der Waals surface area contributed by atoms with Gasteiger partial charge in [0.05, 0.1) is 11.7 Å². The molecule has 0 aliphatic heterocycles. The first-order valence-corrected chi connectivity index (χ1v) is 6.75. The van der Waals surface area contributed by atoms with Crippen molar-refractivity contribution in [1.29, 1.82) is 0 Å². The number of hydrogen-bond donors (Lipinski definition) is 1. The second kappa shape index (κ2) is 5.79. The van der Waals surface area contributed by atoms with Crippen LogP contribution in [0.25, 0.3) is 0 Å². The first-order chi connectivity index (χ1) is 9.04. The zero-order valence-electron chi connectivity index (χ0n) is 10.4. The Morgan fingerprint density at radius 2 is 2.00 bits per heavy atom. The van der Waals surface area contributed by atoms with Gasteiger partial charge >= 0.3 is 0 Å². The zero-order chi connectivity index (χ0) is 14.0. The summed E-state index contributed by atoms with van der Waals surface area (Å²) in [6.07, 6.45) is 2.45. The summed E-state index contributed by atoms with van der Waals surface area (Å²) in [4.78, 5) is 0. The summed E-state index contributed by atoms with van der Waals surface area (Å²) >= 11 is 3.05. The fourth-order valence-corrected chi connectivity index (χ4v) is 2.41. The molecule has 0 spiro atoms. The highest BCUT2D eigenvalue weighted by Gasteiger charge is 2.22. The van der Waals surface area contributed by atoms with E-state index in [-0.39, 0.29) is 5.56 Å². The van der Waals surface area contributed by atoms with Gasteiger partial charge in [-0.3, -0.25) is 4.68 Å². The number of benzene rings is 1. The van der Waals surface area contributed by atoms with Gasteiger partial charge in [0.15, 0.2) is 0 Å². The molecule has 2 rings (SSSR count). The Bertz CT molecular complexity index is 560. The van der Waals surface area contributed by atoms with Crippen molar-refractivity contribution in [2.45, 2.75) is 25.9 Å². The molecule has 19 heavy (non-hydrogen) atoms. The van der Waals surface area contributed by atoms with Crippen LogP contribution >= 0.6 is 15.9 Å². The Kier molecular flexibility index (Phi) is 4.31. The third kappa shape index (κ3) is 2.84. The quantitative estimate of drug-likeness (QED) is 0.934. The van der Waals surface area contributed by atoms with Gasteiger partial charge in [0, 0.05) is 22.8 Å². The summed E-state index contributed by atoms with van der Waals surface area (Å²) in [5, 5.41) is 4.11. The molecule has 6 heteroatoms. The van der Waals surface area contributed by atoms with Crippen molar-refractivity contribution in [2.75, 3.05) is 0 Å². The molecule has 1 heterocycles. The van der Waals surface area contributed by atoms with E-state index in [2.05, 4.69) is 21.0 Å². The van der Waals surface area contributed by atoms with Gasteiger partial charge < -0.3 is 5.73 Å². The third-order valence-electron chi connectivity index (χ3n) is 2.86. The number of halogens is 3. The van der Waals surface area contributed by atoms with Crippen molar-refractivity contribution in [3.8, 4) is 0 Å². The molecule has 0 aliphatic rings. The highest BCUT2D eigenvalue weighted by Crippen LogP contribution is 2.27. The van der Waals surface area contributed by atoms with Gasteiger partial charge in [-0.1, -0.05) is 22.9 Å². The number of hydrogen-bond acceptors (Lipinski definition) is 2. The molecule has 0 fully saturated rings. The van der Waals surface area contributed by atoms with Gasteiger partial charge in [-0.05, 0) is 24.6 Å². The van der Waals surface area contributed by atoms with E-state index < -0.39 is 17.7 Å². The monoisotopic (exact) mass is 329 g/mol. The van der Waals surface area contributed by atoms with Gasteiger partial charge in [-0.15, -0.1) is 0 Å². The number of nitrogens with zero attached hydrogens (tertiary/aromatic N) is 2. The van der Waals surface area contributed by atoms with Crippen LogP contribution in [0.5, 0.6) is 0 Å². The van der Waals surface area contributed by atoms with Crippen LogP contribution in [0.3, 0.4) is 0 Å². The van der Waals surface area contributed by atoms with E-state index in [1.54, 1.807) is 16.9 Å². The van der Waals surface area contributed by atoms with Crippen molar-refractivity contribution in [1.82, 2.24) is 9.78 Å². The molecular weight excluding hydrogens is 316 g/mol. The highest BCUT2D eigenvalue weighted by atomic mass is 79.9. The number of nitrogens with two attached hydrogens (primary N) is 1.